The van der Waals surface area contributed by atoms with Crippen molar-refractivity contribution in [3.8, 4) is 0 Å². The third-order valence-electron chi connectivity index (χ3n) is 2.69. The van der Waals surface area contributed by atoms with Gasteiger partial charge in [-0.15, -0.1) is 0 Å². The summed E-state index contributed by atoms with van der Waals surface area (Å²) in [5.74, 6) is 0. The van der Waals surface area contributed by atoms with E-state index in [1.54, 1.807) is 0 Å². The van der Waals surface area contributed by atoms with Crippen molar-refractivity contribution in [1.82, 2.24) is 0 Å². The van der Waals surface area contributed by atoms with Crippen LogP contribution >= 0.6 is 0 Å². The molecule has 3 rings (SSSR count). The Morgan fingerprint density at radius 2 is 1.53 bits per heavy atom. The second-order valence-corrected chi connectivity index (χ2v) is 3.71. The van der Waals surface area contributed by atoms with Gasteiger partial charge < -0.3 is 0 Å². The van der Waals surface area contributed by atoms with E-state index in [0.717, 1.165) is 5.36 Å². The average molecular weight is 193 g/mol. The number of hydrogen-bond donors (Lipinski definition) is 0. The summed E-state index contributed by atoms with van der Waals surface area (Å²) in [7, 11) is 0. The van der Waals surface area contributed by atoms with Crippen molar-refractivity contribution >= 4 is 6.08 Å². The maximum Gasteiger partial charge on any atom is 0.0947 e. The highest BCUT2D eigenvalue weighted by Gasteiger charge is 2.09. The topological polar surface area (TPSA) is 12.4 Å². The Kier molecular flexibility index (Phi) is 1.88. The fourth-order valence-corrected chi connectivity index (χ4v) is 1.92. The second kappa shape index (κ2) is 3.35. The average Bonchev–Trinajstić information content (AvgIpc) is 2.74. The molecule has 15 heavy (non-hydrogen) atoms. The molecule has 1 atom stereocenters. The summed E-state index contributed by atoms with van der Waals surface area (Å²) in [6.07, 6.45) is 2.21. The van der Waals surface area contributed by atoms with Gasteiger partial charge in [0, 0.05) is 0 Å². The van der Waals surface area contributed by atoms with Crippen LogP contribution in [0.15, 0.2) is 59.6 Å². The van der Waals surface area contributed by atoms with E-state index in [-0.39, 0.29) is 6.04 Å². The van der Waals surface area contributed by atoms with Gasteiger partial charge in [-0.2, -0.15) is 0 Å². The van der Waals surface area contributed by atoms with Crippen LogP contribution in [0.5, 0.6) is 0 Å². The number of nitrogens with zero attached hydrogens (tertiary/aromatic N) is 1. The fraction of sp³-hybridized carbons (Fsp3) is 0.0714. The van der Waals surface area contributed by atoms with Crippen LogP contribution in [0.2, 0.25) is 0 Å². The van der Waals surface area contributed by atoms with Crippen LogP contribution in [-0.4, -0.2) is 0 Å². The molecule has 1 aliphatic rings. The molecule has 0 saturated carbocycles. The van der Waals surface area contributed by atoms with Crippen LogP contribution in [0.1, 0.15) is 11.6 Å². The van der Waals surface area contributed by atoms with Crippen LogP contribution < -0.4 is 10.6 Å². The molecule has 0 bridgehead atoms. The fourth-order valence-electron chi connectivity index (χ4n) is 1.92. The zero-order chi connectivity index (χ0) is 10.1. The van der Waals surface area contributed by atoms with Gasteiger partial charge in [0.05, 0.1) is 11.4 Å². The molecule has 0 aromatic heterocycles. The maximum absolute atomic E-state index is 4.67. The lowest BCUT2D eigenvalue weighted by Crippen LogP contribution is -2.19. The van der Waals surface area contributed by atoms with E-state index >= 15 is 0 Å². The van der Waals surface area contributed by atoms with Crippen molar-refractivity contribution in [3.05, 3.63) is 70.7 Å². The molecule has 1 heterocycles. The number of fused-ring (bicyclic) bond motifs is 1. The molecule has 0 saturated heterocycles. The van der Waals surface area contributed by atoms with Crippen molar-refractivity contribution in [2.24, 2.45) is 4.99 Å². The standard InChI is InChI=1S/C14H11N/c1-2-6-11(7-3-1)14-10-12-8-4-5-9-13(12)15-14/h1-10,14H/t14-/m1/s1. The van der Waals surface area contributed by atoms with Crippen molar-refractivity contribution in [1.29, 1.82) is 0 Å². The Bertz CT molecular complexity index is 549. The summed E-state index contributed by atoms with van der Waals surface area (Å²) in [6.45, 7) is 0. The van der Waals surface area contributed by atoms with Gasteiger partial charge in [0.1, 0.15) is 0 Å². The Balaban J connectivity index is 2.12. The van der Waals surface area contributed by atoms with Crippen LogP contribution in [0.25, 0.3) is 6.08 Å². The monoisotopic (exact) mass is 193 g/mol. The number of hydrogen-bond acceptors (Lipinski definition) is 1. The van der Waals surface area contributed by atoms with Gasteiger partial charge in [0.25, 0.3) is 0 Å². The van der Waals surface area contributed by atoms with Crippen molar-refractivity contribution in [2.75, 3.05) is 0 Å². The highest BCUT2D eigenvalue weighted by atomic mass is 14.8. The Morgan fingerprint density at radius 3 is 2.33 bits per heavy atom. The lowest BCUT2D eigenvalue weighted by atomic mass is 10.1. The molecule has 0 aliphatic carbocycles. The van der Waals surface area contributed by atoms with E-state index in [9.17, 15) is 0 Å². The molecule has 0 amide bonds. The molecule has 0 spiro atoms. The molecule has 0 fully saturated rings. The number of para-hydroxylation sites is 1. The predicted molar refractivity (Wildman–Crippen MR) is 60.9 cm³/mol. The smallest absolute Gasteiger partial charge is 0.0947 e. The molecule has 1 heteroatoms. The van der Waals surface area contributed by atoms with Crippen molar-refractivity contribution in [3.63, 3.8) is 0 Å². The molecule has 72 valence electrons. The summed E-state index contributed by atoms with van der Waals surface area (Å²) in [5, 5.41) is 2.35. The zero-order valence-corrected chi connectivity index (χ0v) is 8.30. The lowest BCUT2D eigenvalue weighted by molar-refractivity contribution is 0.942. The first-order valence-electron chi connectivity index (χ1n) is 5.13. The van der Waals surface area contributed by atoms with Crippen molar-refractivity contribution in [2.45, 2.75) is 6.04 Å². The number of benzene rings is 2. The Hall–Kier alpha value is -1.89. The van der Waals surface area contributed by atoms with E-state index < -0.39 is 0 Å². The summed E-state index contributed by atoms with van der Waals surface area (Å²) in [6, 6.07) is 18.9. The molecule has 1 nitrogen and oxygen atoms in total. The summed E-state index contributed by atoms with van der Waals surface area (Å²) >= 11 is 0. The minimum atomic E-state index is 0.198. The van der Waals surface area contributed by atoms with E-state index in [0.29, 0.717) is 0 Å². The summed E-state index contributed by atoms with van der Waals surface area (Å²) in [5.41, 5.74) is 1.26. The molecule has 1 aliphatic heterocycles. The van der Waals surface area contributed by atoms with E-state index in [1.807, 2.05) is 12.1 Å². The van der Waals surface area contributed by atoms with Gasteiger partial charge in [0.15, 0.2) is 0 Å². The second-order valence-electron chi connectivity index (χ2n) is 3.71. The molecule has 0 unspecified atom stereocenters. The molecule has 0 N–H and O–H groups in total. The van der Waals surface area contributed by atoms with Gasteiger partial charge in [-0.3, -0.25) is 4.99 Å². The minimum absolute atomic E-state index is 0.198. The quantitative estimate of drug-likeness (QED) is 0.655. The normalized spacial score (nSPS) is 17.7. The SMILES string of the molecule is C1=c2ccccc2=N[C@H]1c1ccccc1. The van der Waals surface area contributed by atoms with E-state index in [2.05, 4.69) is 53.5 Å². The molecule has 2 aromatic carbocycles. The Labute approximate surface area is 88.4 Å². The lowest BCUT2D eigenvalue weighted by Gasteiger charge is -2.03. The van der Waals surface area contributed by atoms with Gasteiger partial charge in [-0.1, -0.05) is 48.5 Å². The van der Waals surface area contributed by atoms with E-state index in [4.69, 9.17) is 0 Å². The van der Waals surface area contributed by atoms with Crippen LogP contribution in [-0.2, 0) is 0 Å². The van der Waals surface area contributed by atoms with Gasteiger partial charge in [0.2, 0.25) is 0 Å². The van der Waals surface area contributed by atoms with Crippen LogP contribution in [0.4, 0.5) is 0 Å². The summed E-state index contributed by atoms with van der Waals surface area (Å²) in [4.78, 5) is 4.67. The molecule has 2 aromatic rings. The largest absolute Gasteiger partial charge is 0.272 e. The van der Waals surface area contributed by atoms with E-state index in [1.165, 1.54) is 10.8 Å². The maximum atomic E-state index is 4.67. The zero-order valence-electron chi connectivity index (χ0n) is 8.30. The molecular weight excluding hydrogens is 182 g/mol. The van der Waals surface area contributed by atoms with Gasteiger partial charge in [-0.05, 0) is 22.9 Å². The van der Waals surface area contributed by atoms with Crippen LogP contribution in [0.3, 0.4) is 0 Å². The Morgan fingerprint density at radius 1 is 0.800 bits per heavy atom. The molecular formula is C14H11N. The first-order valence-corrected chi connectivity index (χ1v) is 5.13. The van der Waals surface area contributed by atoms with Gasteiger partial charge in [-0.25, -0.2) is 0 Å². The predicted octanol–water partition coefficient (Wildman–Crippen LogP) is 1.84. The first-order chi connectivity index (χ1) is 7.43. The third-order valence-corrected chi connectivity index (χ3v) is 2.69. The minimum Gasteiger partial charge on any atom is -0.272 e. The highest BCUT2D eigenvalue weighted by Crippen LogP contribution is 2.18. The van der Waals surface area contributed by atoms with Crippen LogP contribution in [0, 0.1) is 0 Å². The molecule has 0 radical (unpaired) electrons. The number of rotatable bonds is 1. The third kappa shape index (κ3) is 1.46. The first kappa shape index (κ1) is 8.42. The van der Waals surface area contributed by atoms with Gasteiger partial charge >= 0.3 is 0 Å². The van der Waals surface area contributed by atoms with Crippen molar-refractivity contribution < 1.29 is 0 Å². The highest BCUT2D eigenvalue weighted by molar-refractivity contribution is 5.41. The summed E-state index contributed by atoms with van der Waals surface area (Å²) < 4.78 is 0.